The molecule has 2 heterocycles. The number of carbonyl (C=O) groups is 1. The van der Waals surface area contributed by atoms with Crippen LogP contribution in [0.15, 0.2) is 18.5 Å². The van der Waals surface area contributed by atoms with Gasteiger partial charge in [0, 0.05) is 24.3 Å². The Kier molecular flexibility index (Phi) is 4.33. The van der Waals surface area contributed by atoms with E-state index in [4.69, 9.17) is 10.8 Å². The zero-order valence-electron chi connectivity index (χ0n) is 10.7. The molecule has 3 N–H and O–H groups in total. The van der Waals surface area contributed by atoms with Crippen molar-refractivity contribution in [1.29, 1.82) is 0 Å². The molecule has 21 heavy (non-hydrogen) atoms. The highest BCUT2D eigenvalue weighted by molar-refractivity contribution is 7.21. The van der Waals surface area contributed by atoms with Crippen molar-refractivity contribution in [2.75, 3.05) is 25.4 Å². The van der Waals surface area contributed by atoms with Crippen molar-refractivity contribution in [3.8, 4) is 0 Å². The van der Waals surface area contributed by atoms with E-state index in [9.17, 15) is 18.0 Å². The Morgan fingerprint density at radius 1 is 1.48 bits per heavy atom. The van der Waals surface area contributed by atoms with Crippen molar-refractivity contribution in [3.63, 3.8) is 0 Å². The Bertz CT molecular complexity index is 657. The number of anilines is 1. The third-order valence-electron chi connectivity index (χ3n) is 2.75. The molecule has 0 bridgehead atoms. The van der Waals surface area contributed by atoms with E-state index in [1.54, 1.807) is 6.07 Å². The molecular weight excluding hydrogens is 307 g/mol. The summed E-state index contributed by atoms with van der Waals surface area (Å²) < 4.78 is 38.1. The number of fused-ring (bicyclic) bond motifs is 1. The van der Waals surface area contributed by atoms with Gasteiger partial charge in [0.25, 0.3) is 5.91 Å². The Morgan fingerprint density at radius 2 is 2.19 bits per heavy atom. The first-order valence-electron chi connectivity index (χ1n) is 5.92. The first kappa shape index (κ1) is 15.5. The maximum absolute atomic E-state index is 12.5. The molecule has 2 rings (SSSR count). The zero-order chi connectivity index (χ0) is 15.6. The number of pyridine rings is 1. The van der Waals surface area contributed by atoms with Crippen molar-refractivity contribution in [3.05, 3.63) is 23.3 Å². The van der Waals surface area contributed by atoms with Crippen LogP contribution in [0.1, 0.15) is 9.67 Å². The minimum absolute atomic E-state index is 0.0238. The first-order chi connectivity index (χ1) is 9.83. The van der Waals surface area contributed by atoms with Crippen molar-refractivity contribution >= 4 is 33.0 Å². The van der Waals surface area contributed by atoms with Crippen molar-refractivity contribution in [2.24, 2.45) is 0 Å². The molecule has 0 aromatic carbocycles. The highest BCUT2D eigenvalue weighted by Crippen LogP contribution is 2.34. The van der Waals surface area contributed by atoms with Crippen LogP contribution in [0.3, 0.4) is 0 Å². The highest BCUT2D eigenvalue weighted by Gasteiger charge is 2.34. The third-order valence-corrected chi connectivity index (χ3v) is 3.90. The second kappa shape index (κ2) is 5.86. The molecule has 0 saturated carbocycles. The summed E-state index contributed by atoms with van der Waals surface area (Å²) in [7, 11) is 0. The lowest BCUT2D eigenvalue weighted by molar-refractivity contribution is -0.141. The number of hydrogen-bond donors (Lipinski definition) is 2. The van der Waals surface area contributed by atoms with Gasteiger partial charge in [-0.3, -0.25) is 9.78 Å². The molecule has 2 aromatic rings. The Balaban J connectivity index is 2.36. The number of thiophene rings is 1. The van der Waals surface area contributed by atoms with Gasteiger partial charge in [0.05, 0.1) is 17.0 Å². The molecule has 0 fully saturated rings. The Hall–Kier alpha value is -1.87. The zero-order valence-corrected chi connectivity index (χ0v) is 11.5. The fourth-order valence-corrected chi connectivity index (χ4v) is 2.92. The van der Waals surface area contributed by atoms with E-state index in [2.05, 4.69) is 4.98 Å². The first-order valence-corrected chi connectivity index (χ1v) is 6.74. The van der Waals surface area contributed by atoms with Crippen LogP contribution in [-0.2, 0) is 0 Å². The van der Waals surface area contributed by atoms with Gasteiger partial charge in [0.15, 0.2) is 0 Å². The van der Waals surface area contributed by atoms with Crippen molar-refractivity contribution in [2.45, 2.75) is 6.18 Å². The number of hydrogen-bond acceptors (Lipinski definition) is 5. The normalized spacial score (nSPS) is 11.8. The second-order valence-electron chi connectivity index (χ2n) is 4.28. The number of alkyl halides is 3. The van der Waals surface area contributed by atoms with Gasteiger partial charge in [-0.25, -0.2) is 0 Å². The molecule has 5 nitrogen and oxygen atoms in total. The van der Waals surface area contributed by atoms with Crippen molar-refractivity contribution in [1.82, 2.24) is 9.88 Å². The van der Waals surface area contributed by atoms with Crippen LogP contribution >= 0.6 is 11.3 Å². The average molecular weight is 319 g/mol. The molecule has 114 valence electrons. The number of amides is 1. The van der Waals surface area contributed by atoms with Gasteiger partial charge in [-0.15, -0.1) is 11.3 Å². The molecule has 0 aliphatic rings. The van der Waals surface area contributed by atoms with Crippen LogP contribution in [-0.4, -0.2) is 46.8 Å². The summed E-state index contributed by atoms with van der Waals surface area (Å²) in [6.07, 6.45) is -1.56. The average Bonchev–Trinajstić information content (AvgIpc) is 2.74. The van der Waals surface area contributed by atoms with Gasteiger partial charge in [-0.2, -0.15) is 13.2 Å². The van der Waals surface area contributed by atoms with E-state index in [1.165, 1.54) is 12.4 Å². The van der Waals surface area contributed by atoms with Gasteiger partial charge in [-0.1, -0.05) is 0 Å². The SMILES string of the molecule is Nc1c(C(=O)N(CCO)CC(F)(F)F)sc2cnccc12. The number of aliphatic hydroxyl groups is 1. The number of nitrogens with zero attached hydrogens (tertiary/aromatic N) is 2. The third kappa shape index (κ3) is 3.42. The maximum atomic E-state index is 12.5. The van der Waals surface area contributed by atoms with Crippen LogP contribution in [0, 0.1) is 0 Å². The van der Waals surface area contributed by atoms with Gasteiger partial charge in [-0.05, 0) is 6.07 Å². The van der Waals surface area contributed by atoms with Crippen LogP contribution in [0.5, 0.6) is 0 Å². The number of halogens is 3. The highest BCUT2D eigenvalue weighted by atomic mass is 32.1. The van der Waals surface area contributed by atoms with Gasteiger partial charge >= 0.3 is 6.18 Å². The number of carbonyl (C=O) groups excluding carboxylic acids is 1. The second-order valence-corrected chi connectivity index (χ2v) is 5.33. The van der Waals surface area contributed by atoms with Gasteiger partial charge < -0.3 is 15.7 Å². The topological polar surface area (TPSA) is 79.5 Å². The molecule has 0 unspecified atom stereocenters. The monoisotopic (exact) mass is 319 g/mol. The minimum atomic E-state index is -4.54. The van der Waals surface area contributed by atoms with Crippen LogP contribution < -0.4 is 5.73 Å². The molecule has 9 heteroatoms. The van der Waals surface area contributed by atoms with E-state index in [-0.39, 0.29) is 10.6 Å². The van der Waals surface area contributed by atoms with Crippen molar-refractivity contribution < 1.29 is 23.1 Å². The fraction of sp³-hybridized carbons (Fsp3) is 0.333. The number of rotatable bonds is 4. The van der Waals surface area contributed by atoms with Crippen LogP contribution in [0.2, 0.25) is 0 Å². The summed E-state index contributed by atoms with van der Waals surface area (Å²) >= 11 is 0.984. The summed E-state index contributed by atoms with van der Waals surface area (Å²) in [5.74, 6) is -0.847. The molecule has 2 aromatic heterocycles. The fourth-order valence-electron chi connectivity index (χ4n) is 1.86. The van der Waals surface area contributed by atoms with E-state index < -0.39 is 31.8 Å². The number of nitrogens with two attached hydrogens (primary N) is 1. The molecular formula is C12H12F3N3O2S. The lowest BCUT2D eigenvalue weighted by Crippen LogP contribution is -2.40. The molecule has 0 saturated heterocycles. The summed E-state index contributed by atoms with van der Waals surface area (Å²) in [6, 6.07) is 1.60. The molecule has 0 radical (unpaired) electrons. The quantitative estimate of drug-likeness (QED) is 0.902. The van der Waals surface area contributed by atoms with E-state index in [0.717, 1.165) is 11.3 Å². The number of nitrogen functional groups attached to an aromatic ring is 1. The molecule has 0 spiro atoms. The number of aliphatic hydroxyl groups excluding tert-OH is 1. The predicted molar refractivity (Wildman–Crippen MR) is 73.1 cm³/mol. The lowest BCUT2D eigenvalue weighted by atomic mass is 10.2. The summed E-state index contributed by atoms with van der Waals surface area (Å²) in [5, 5.41) is 9.42. The van der Waals surface area contributed by atoms with Gasteiger partial charge in [0.2, 0.25) is 0 Å². The largest absolute Gasteiger partial charge is 0.406 e. The maximum Gasteiger partial charge on any atom is 0.406 e. The van der Waals surface area contributed by atoms with Crippen LogP contribution in [0.4, 0.5) is 18.9 Å². The molecule has 1 amide bonds. The smallest absolute Gasteiger partial charge is 0.397 e. The number of aromatic nitrogens is 1. The summed E-state index contributed by atoms with van der Waals surface area (Å²) in [5.41, 5.74) is 5.96. The Labute approximate surface area is 121 Å². The van der Waals surface area contributed by atoms with Crippen LogP contribution in [0.25, 0.3) is 10.1 Å². The molecule has 0 aliphatic heterocycles. The molecule has 0 aliphatic carbocycles. The van der Waals surface area contributed by atoms with E-state index in [0.29, 0.717) is 15.0 Å². The summed E-state index contributed by atoms with van der Waals surface area (Å²) in [6.45, 7) is -2.41. The van der Waals surface area contributed by atoms with E-state index in [1.807, 2.05) is 0 Å². The predicted octanol–water partition coefficient (Wildman–Crippen LogP) is 1.88. The standard InChI is InChI=1S/C12H12F3N3O2S/c13-12(14,15)6-18(3-4-19)11(20)10-9(16)7-1-2-17-5-8(7)21-10/h1-2,5,19H,3-4,6,16H2. The summed E-state index contributed by atoms with van der Waals surface area (Å²) in [4.78, 5) is 16.7. The van der Waals surface area contributed by atoms with Gasteiger partial charge in [0.1, 0.15) is 11.4 Å². The van der Waals surface area contributed by atoms with E-state index >= 15 is 0 Å². The minimum Gasteiger partial charge on any atom is -0.397 e. The molecule has 0 atom stereocenters. The lowest BCUT2D eigenvalue weighted by Gasteiger charge is -2.22. The Morgan fingerprint density at radius 3 is 2.76 bits per heavy atom.